The van der Waals surface area contributed by atoms with Gasteiger partial charge in [0, 0.05) is 0 Å². The van der Waals surface area contributed by atoms with E-state index in [1.165, 1.54) is 38.5 Å². The molecular weight excluding hydrogens is 396 g/mol. The fourth-order valence-electron chi connectivity index (χ4n) is 6.47. The van der Waals surface area contributed by atoms with Crippen LogP contribution in [-0.4, -0.2) is 0 Å². The second-order valence-electron chi connectivity index (χ2n) is 12.5. The van der Waals surface area contributed by atoms with Crippen molar-refractivity contribution >= 4 is 0 Å². The molecule has 1 saturated carbocycles. The highest BCUT2D eigenvalue weighted by Crippen LogP contribution is 2.57. The summed E-state index contributed by atoms with van der Waals surface area (Å²) in [5.41, 5.74) is 7.15. The predicted molar refractivity (Wildman–Crippen MR) is 154 cm³/mol. The summed E-state index contributed by atoms with van der Waals surface area (Å²) in [5.74, 6) is 5.75. The molecule has 0 heteroatoms. The largest absolute Gasteiger partial charge is 0.0847 e. The number of hydrogen-bond donors (Lipinski definition) is 0. The van der Waals surface area contributed by atoms with Crippen molar-refractivity contribution in [2.75, 3.05) is 0 Å². The molecule has 0 heterocycles. The molecule has 194 valence electrons. The fraction of sp³-hybridized carbons (Fsp3) is 0.818. The highest BCUT2D eigenvalue weighted by molar-refractivity contribution is 5.35. The summed E-state index contributed by atoms with van der Waals surface area (Å²) >= 11 is 0. The van der Waals surface area contributed by atoms with Crippen LogP contribution in [0, 0.1) is 46.8 Å². The van der Waals surface area contributed by atoms with Crippen LogP contribution in [0.25, 0.3) is 0 Å². The van der Waals surface area contributed by atoms with E-state index >= 15 is 0 Å². The van der Waals surface area contributed by atoms with Gasteiger partial charge in [-0.25, -0.2) is 0 Å². The minimum atomic E-state index is 0. The zero-order valence-electron chi connectivity index (χ0n) is 22.9. The van der Waals surface area contributed by atoms with Gasteiger partial charge in [-0.2, -0.15) is 0 Å². The number of allylic oxidation sites excluding steroid dienone is 6. The van der Waals surface area contributed by atoms with E-state index in [-0.39, 0.29) is 14.9 Å². The molecule has 0 aromatic carbocycles. The summed E-state index contributed by atoms with van der Waals surface area (Å²) in [6, 6.07) is 0. The van der Waals surface area contributed by atoms with Crippen LogP contribution in [0.2, 0.25) is 0 Å². The van der Waals surface area contributed by atoms with Crippen LogP contribution in [0.3, 0.4) is 0 Å². The molecule has 0 aromatic heterocycles. The Morgan fingerprint density at radius 3 is 1.94 bits per heavy atom. The zero-order valence-corrected chi connectivity index (χ0v) is 22.9. The van der Waals surface area contributed by atoms with Gasteiger partial charge in [0.2, 0.25) is 0 Å². The van der Waals surface area contributed by atoms with Crippen molar-refractivity contribution in [3.8, 4) is 0 Å². The van der Waals surface area contributed by atoms with Crippen LogP contribution in [0.15, 0.2) is 34.4 Å². The van der Waals surface area contributed by atoms with Crippen molar-refractivity contribution < 1.29 is 0 Å². The first kappa shape index (κ1) is 32.2. The highest BCUT2D eigenvalue weighted by atomic mass is 14.5. The highest BCUT2D eigenvalue weighted by Gasteiger charge is 2.47. The number of rotatable bonds is 4. The monoisotopic (exact) mass is 458 g/mol. The third-order valence-corrected chi connectivity index (χ3v) is 9.64. The standard InChI is InChI=1S/C16H28.C15H26.2CH4/c1-11(2)15-7-6-13(4)16(10-15)9-8-12(3)14(16)5;1-10(2)13(6)15-9-12(5)7-8-14(15)11(3)4;;/h8,11,13-15H,6-7,9-10H2,1-5H3;9-11,13H,7-8H2,1-6H3;2*1H4. The maximum atomic E-state index is 2.52. The molecule has 1 spiro atoms. The van der Waals surface area contributed by atoms with E-state index in [0.717, 1.165) is 29.6 Å². The molecule has 0 bridgehead atoms. The van der Waals surface area contributed by atoms with Gasteiger partial charge >= 0.3 is 0 Å². The first-order chi connectivity index (χ1) is 14.4. The lowest BCUT2D eigenvalue weighted by Gasteiger charge is -2.48. The van der Waals surface area contributed by atoms with E-state index in [9.17, 15) is 0 Å². The van der Waals surface area contributed by atoms with Crippen LogP contribution in [-0.2, 0) is 0 Å². The maximum Gasteiger partial charge on any atom is -0.0168 e. The molecule has 3 aliphatic carbocycles. The summed E-state index contributed by atoms with van der Waals surface area (Å²) in [7, 11) is 0. The average Bonchev–Trinajstić information content (AvgIpc) is 2.98. The van der Waals surface area contributed by atoms with Gasteiger partial charge in [-0.15, -0.1) is 0 Å². The van der Waals surface area contributed by atoms with Gasteiger partial charge < -0.3 is 0 Å². The molecule has 1 fully saturated rings. The van der Waals surface area contributed by atoms with Gasteiger partial charge in [0.05, 0.1) is 0 Å². The molecule has 0 aliphatic heterocycles. The summed E-state index contributed by atoms with van der Waals surface area (Å²) in [4.78, 5) is 0. The van der Waals surface area contributed by atoms with E-state index in [0.29, 0.717) is 17.3 Å². The van der Waals surface area contributed by atoms with Crippen molar-refractivity contribution in [2.24, 2.45) is 46.8 Å². The van der Waals surface area contributed by atoms with Gasteiger partial charge in [0.25, 0.3) is 0 Å². The van der Waals surface area contributed by atoms with Crippen molar-refractivity contribution in [1.29, 1.82) is 0 Å². The van der Waals surface area contributed by atoms with Crippen molar-refractivity contribution in [3.63, 3.8) is 0 Å². The van der Waals surface area contributed by atoms with Crippen molar-refractivity contribution in [1.82, 2.24) is 0 Å². The molecule has 3 aliphatic rings. The minimum absolute atomic E-state index is 0. The molecule has 0 nitrogen and oxygen atoms in total. The van der Waals surface area contributed by atoms with E-state index in [1.807, 2.05) is 0 Å². The van der Waals surface area contributed by atoms with Gasteiger partial charge in [0.15, 0.2) is 0 Å². The molecule has 33 heavy (non-hydrogen) atoms. The second-order valence-corrected chi connectivity index (χ2v) is 12.5. The maximum absolute atomic E-state index is 2.52. The molecule has 5 atom stereocenters. The first-order valence-electron chi connectivity index (χ1n) is 13.5. The molecule has 5 unspecified atom stereocenters. The minimum Gasteiger partial charge on any atom is -0.0847 e. The van der Waals surface area contributed by atoms with E-state index in [2.05, 4.69) is 88.3 Å². The Balaban J connectivity index is 0.000000587. The summed E-state index contributed by atoms with van der Waals surface area (Å²) in [6.07, 6.45) is 13.3. The topological polar surface area (TPSA) is 0 Å². The van der Waals surface area contributed by atoms with E-state index < -0.39 is 0 Å². The Kier molecular flexibility index (Phi) is 13.0. The van der Waals surface area contributed by atoms with Crippen molar-refractivity contribution in [3.05, 3.63) is 34.4 Å². The first-order valence-corrected chi connectivity index (χ1v) is 13.5. The second kappa shape index (κ2) is 13.3. The molecule has 0 radical (unpaired) electrons. The quantitative estimate of drug-likeness (QED) is 0.367. The molecular formula is C33H62. The summed E-state index contributed by atoms with van der Waals surface area (Å²) in [5, 5.41) is 0. The van der Waals surface area contributed by atoms with Gasteiger partial charge in [-0.05, 0) is 105 Å². The van der Waals surface area contributed by atoms with E-state index in [1.54, 1.807) is 22.3 Å². The van der Waals surface area contributed by atoms with E-state index in [4.69, 9.17) is 0 Å². The lowest BCUT2D eigenvalue weighted by atomic mass is 9.57. The van der Waals surface area contributed by atoms with Crippen LogP contribution >= 0.6 is 0 Å². The normalized spacial score (nSPS) is 30.4. The molecule has 0 amide bonds. The Morgan fingerprint density at radius 1 is 0.879 bits per heavy atom. The SMILES string of the molecule is C.C.CC1=CC(C(C)C(C)C)=C(C(C)C)CC1.CC1=CCC2(CC(C(C)C)CCC2C)C1C. The van der Waals surface area contributed by atoms with Gasteiger partial charge in [-0.1, -0.05) is 106 Å². The molecule has 0 saturated heterocycles. The lowest BCUT2D eigenvalue weighted by molar-refractivity contribution is 0.0267. The zero-order chi connectivity index (χ0) is 23.5. The lowest BCUT2D eigenvalue weighted by Crippen LogP contribution is -2.40. The Morgan fingerprint density at radius 2 is 1.48 bits per heavy atom. The average molecular weight is 459 g/mol. The Bertz CT molecular complexity index is 683. The smallest absolute Gasteiger partial charge is 0.0168 e. The van der Waals surface area contributed by atoms with Crippen LogP contribution < -0.4 is 0 Å². The summed E-state index contributed by atoms with van der Waals surface area (Å²) in [6.45, 7) is 26.1. The molecule has 0 aromatic rings. The molecule has 3 rings (SSSR count). The molecule has 0 N–H and O–H groups in total. The fourth-order valence-corrected chi connectivity index (χ4v) is 6.47. The summed E-state index contributed by atoms with van der Waals surface area (Å²) < 4.78 is 0. The van der Waals surface area contributed by atoms with Gasteiger partial charge in [-0.3, -0.25) is 0 Å². The van der Waals surface area contributed by atoms with Crippen molar-refractivity contribution in [2.45, 2.75) is 130 Å². The number of hydrogen-bond acceptors (Lipinski definition) is 0. The van der Waals surface area contributed by atoms with Crippen LogP contribution in [0.4, 0.5) is 0 Å². The van der Waals surface area contributed by atoms with Crippen LogP contribution in [0.5, 0.6) is 0 Å². The third kappa shape index (κ3) is 7.35. The van der Waals surface area contributed by atoms with Gasteiger partial charge in [0.1, 0.15) is 0 Å². The third-order valence-electron chi connectivity index (χ3n) is 9.64. The Hall–Kier alpha value is -0.780. The van der Waals surface area contributed by atoms with Crippen LogP contribution in [0.1, 0.15) is 130 Å². The Labute approximate surface area is 210 Å². The predicted octanol–water partition coefficient (Wildman–Crippen LogP) is 11.3.